The number of esters is 1. The van der Waals surface area contributed by atoms with E-state index in [1.54, 1.807) is 4.72 Å². The van der Waals surface area contributed by atoms with Gasteiger partial charge in [0.1, 0.15) is 4.90 Å². The van der Waals surface area contributed by atoms with Gasteiger partial charge in [0.05, 0.1) is 12.7 Å². The highest BCUT2D eigenvalue weighted by Gasteiger charge is 2.24. The molecule has 0 aliphatic heterocycles. The Morgan fingerprint density at radius 3 is 2.54 bits per heavy atom. The van der Waals surface area contributed by atoms with Crippen molar-refractivity contribution in [2.45, 2.75) is 4.90 Å². The Morgan fingerprint density at radius 2 is 1.88 bits per heavy atom. The number of aromatic amines is 1. The number of carbonyl (C=O) groups is 2. The molecule has 12 nitrogen and oxygen atoms in total. The average molecular weight is 382 g/mol. The zero-order chi connectivity index (χ0) is 19.3. The fourth-order valence-corrected chi connectivity index (χ4v) is 2.95. The molecule has 26 heavy (non-hydrogen) atoms. The number of rotatable bonds is 5. The Labute approximate surface area is 147 Å². The fourth-order valence-electron chi connectivity index (χ4n) is 1.84. The van der Waals surface area contributed by atoms with Crippen molar-refractivity contribution >= 4 is 33.9 Å². The van der Waals surface area contributed by atoms with Crippen LogP contribution in [0.2, 0.25) is 0 Å². The molecule has 2 aromatic rings. The molecule has 0 radical (unpaired) electrons. The van der Waals surface area contributed by atoms with Gasteiger partial charge in [0.25, 0.3) is 10.0 Å². The van der Waals surface area contributed by atoms with Crippen LogP contribution in [-0.4, -0.2) is 49.5 Å². The highest BCUT2D eigenvalue weighted by molar-refractivity contribution is 7.90. The minimum absolute atomic E-state index is 0.0806. The van der Waals surface area contributed by atoms with Crippen LogP contribution in [0.25, 0.3) is 0 Å². The summed E-state index contributed by atoms with van der Waals surface area (Å²) < 4.78 is 31.0. The summed E-state index contributed by atoms with van der Waals surface area (Å²) in [6.07, 6.45) is 0. The maximum absolute atomic E-state index is 12.4. The molecular weight excluding hydrogens is 368 g/mol. The molecule has 1 heterocycles. The van der Waals surface area contributed by atoms with Gasteiger partial charge in [0.2, 0.25) is 11.9 Å². The summed E-state index contributed by atoms with van der Waals surface area (Å²) in [6, 6.07) is 3.98. The number of benzene rings is 1. The first-order valence-corrected chi connectivity index (χ1v) is 8.42. The lowest BCUT2D eigenvalue weighted by Crippen LogP contribution is -2.36. The summed E-state index contributed by atoms with van der Waals surface area (Å²) in [6.45, 7) is 0. The van der Waals surface area contributed by atoms with Crippen LogP contribution < -0.4 is 21.0 Å². The molecule has 138 valence electrons. The van der Waals surface area contributed by atoms with Crippen LogP contribution in [0.15, 0.2) is 34.0 Å². The Kier molecular flexibility index (Phi) is 5.51. The number of hydrogen-bond donors (Lipinski definition) is 4. The lowest BCUT2D eigenvalue weighted by atomic mass is 10.2. The van der Waals surface area contributed by atoms with Gasteiger partial charge in [-0.15, -0.1) is 0 Å². The van der Waals surface area contributed by atoms with Gasteiger partial charge in [-0.2, -0.15) is 9.97 Å². The average Bonchev–Trinajstić information content (AvgIpc) is 2.59. The summed E-state index contributed by atoms with van der Waals surface area (Å²) in [4.78, 5) is 43.8. The number of sulfonamides is 1. The van der Waals surface area contributed by atoms with E-state index in [1.807, 2.05) is 0 Å². The Hall–Kier alpha value is -3.48. The van der Waals surface area contributed by atoms with E-state index in [4.69, 9.17) is 0 Å². The number of aromatic nitrogens is 3. The summed E-state index contributed by atoms with van der Waals surface area (Å²) in [7, 11) is -1.86. The molecule has 4 N–H and O–H groups in total. The van der Waals surface area contributed by atoms with E-state index in [0.717, 1.165) is 13.2 Å². The van der Waals surface area contributed by atoms with Crippen LogP contribution in [0.1, 0.15) is 10.4 Å². The fraction of sp³-hybridized carbons (Fsp3) is 0.154. The molecule has 2 rings (SSSR count). The third kappa shape index (κ3) is 4.32. The topological polar surface area (TPSA) is 172 Å². The third-order valence-corrected chi connectivity index (χ3v) is 4.30. The van der Waals surface area contributed by atoms with Gasteiger partial charge in [-0.1, -0.05) is 12.1 Å². The number of anilines is 2. The Bertz CT molecular complexity index is 1000. The van der Waals surface area contributed by atoms with Gasteiger partial charge in [0.15, 0.2) is 0 Å². The quantitative estimate of drug-likeness (QED) is 0.497. The lowest BCUT2D eigenvalue weighted by molar-refractivity contribution is 0.0596. The van der Waals surface area contributed by atoms with Gasteiger partial charge in [-0.25, -0.2) is 27.5 Å². The molecule has 0 aliphatic carbocycles. The number of amides is 2. The molecule has 0 spiro atoms. The van der Waals surface area contributed by atoms with Gasteiger partial charge in [-0.3, -0.25) is 10.3 Å². The molecule has 0 aliphatic rings. The maximum Gasteiger partial charge on any atom is 0.351 e. The molecule has 0 saturated heterocycles. The van der Waals surface area contributed by atoms with Gasteiger partial charge in [0, 0.05) is 7.05 Å². The molecule has 0 fully saturated rings. The molecule has 1 aromatic heterocycles. The smallest absolute Gasteiger partial charge is 0.351 e. The third-order valence-electron chi connectivity index (χ3n) is 2.91. The van der Waals surface area contributed by atoms with Crippen LogP contribution in [0.3, 0.4) is 0 Å². The number of methoxy groups -OCH3 is 1. The minimum atomic E-state index is -4.41. The monoisotopic (exact) mass is 382 g/mol. The number of nitrogens with zero attached hydrogens (tertiary/aromatic N) is 2. The first-order chi connectivity index (χ1) is 12.3. The Morgan fingerprint density at radius 1 is 1.19 bits per heavy atom. The summed E-state index contributed by atoms with van der Waals surface area (Å²) >= 11 is 0. The highest BCUT2D eigenvalue weighted by atomic mass is 32.2. The van der Waals surface area contributed by atoms with Crippen molar-refractivity contribution in [2.75, 3.05) is 24.8 Å². The standard InChI is InChI=1S/C13H14N6O6S/c1-14-10-15-11(17-12(21)16-10)18-13(22)19-26(23,24)8-6-4-3-5-7(8)9(20)25-2/h3-6H,1-2H3,(H4,14,15,16,17,18,19,21,22). The predicted molar refractivity (Wildman–Crippen MR) is 89.3 cm³/mol. The van der Waals surface area contributed by atoms with Crippen molar-refractivity contribution in [3.63, 3.8) is 0 Å². The second-order valence-corrected chi connectivity index (χ2v) is 6.27. The highest BCUT2D eigenvalue weighted by Crippen LogP contribution is 2.16. The molecule has 2 amide bonds. The van der Waals surface area contributed by atoms with Gasteiger partial charge in [-0.05, 0) is 12.1 Å². The van der Waals surface area contributed by atoms with Crippen LogP contribution in [0, 0.1) is 0 Å². The van der Waals surface area contributed by atoms with Crippen molar-refractivity contribution in [1.29, 1.82) is 0 Å². The second-order valence-electron chi connectivity index (χ2n) is 4.62. The number of H-pyrrole nitrogens is 1. The molecule has 0 unspecified atom stereocenters. The molecule has 0 atom stereocenters. The molecule has 0 bridgehead atoms. The van der Waals surface area contributed by atoms with Gasteiger partial charge < -0.3 is 10.1 Å². The van der Waals surface area contributed by atoms with E-state index < -0.39 is 32.6 Å². The Balaban J connectivity index is 2.25. The lowest BCUT2D eigenvalue weighted by Gasteiger charge is -2.11. The molecule has 1 aromatic carbocycles. The van der Waals surface area contributed by atoms with Crippen LogP contribution in [0.5, 0.6) is 0 Å². The van der Waals surface area contributed by atoms with E-state index in [2.05, 4.69) is 30.3 Å². The van der Waals surface area contributed by atoms with Crippen molar-refractivity contribution in [3.8, 4) is 0 Å². The maximum atomic E-state index is 12.4. The number of hydrogen-bond acceptors (Lipinski definition) is 9. The number of carbonyl (C=O) groups excluding carboxylic acids is 2. The van der Waals surface area contributed by atoms with Crippen LogP contribution in [0.4, 0.5) is 16.7 Å². The molecule has 13 heteroatoms. The molecular formula is C13H14N6O6S. The minimum Gasteiger partial charge on any atom is -0.465 e. The number of urea groups is 1. The van der Waals surface area contributed by atoms with Crippen molar-refractivity contribution in [2.24, 2.45) is 0 Å². The zero-order valence-corrected chi connectivity index (χ0v) is 14.4. The zero-order valence-electron chi connectivity index (χ0n) is 13.6. The van der Waals surface area contributed by atoms with Crippen molar-refractivity contribution < 1.29 is 22.7 Å². The first-order valence-electron chi connectivity index (χ1n) is 6.94. The first kappa shape index (κ1) is 18.9. The van der Waals surface area contributed by atoms with E-state index >= 15 is 0 Å². The van der Waals surface area contributed by atoms with E-state index in [0.29, 0.717) is 0 Å². The predicted octanol–water partition coefficient (Wildman–Crippen LogP) is -0.496. The molecule has 0 saturated carbocycles. The van der Waals surface area contributed by atoms with E-state index in [1.165, 1.54) is 25.2 Å². The van der Waals surface area contributed by atoms with E-state index in [-0.39, 0.29) is 17.5 Å². The van der Waals surface area contributed by atoms with E-state index in [9.17, 15) is 22.8 Å². The summed E-state index contributed by atoms with van der Waals surface area (Å²) in [5.74, 6) is -1.29. The SMILES string of the molecule is CNc1nc(NC(=O)NS(=O)(=O)c2ccccc2C(=O)OC)[nH]c(=O)n1. The van der Waals surface area contributed by atoms with Crippen LogP contribution in [-0.2, 0) is 14.8 Å². The number of nitrogens with one attached hydrogen (secondary N) is 4. The summed E-state index contributed by atoms with van der Waals surface area (Å²) in [5, 5.41) is 4.55. The second kappa shape index (κ2) is 7.60. The van der Waals surface area contributed by atoms with Crippen molar-refractivity contribution in [3.05, 3.63) is 40.3 Å². The normalized spacial score (nSPS) is 10.7. The largest absolute Gasteiger partial charge is 0.465 e. The van der Waals surface area contributed by atoms with Crippen molar-refractivity contribution in [1.82, 2.24) is 19.7 Å². The van der Waals surface area contributed by atoms with Crippen LogP contribution >= 0.6 is 0 Å². The summed E-state index contributed by atoms with van der Waals surface area (Å²) in [5.41, 5.74) is -1.05. The van der Waals surface area contributed by atoms with Gasteiger partial charge >= 0.3 is 17.7 Å². The number of ether oxygens (including phenoxy) is 1.